The molecule has 2 aromatic carbocycles. The molecule has 4 rings (SSSR count). The van der Waals surface area contributed by atoms with Crippen LogP contribution in [-0.4, -0.2) is 58.2 Å². The van der Waals surface area contributed by atoms with Crippen molar-refractivity contribution in [2.75, 3.05) is 42.1 Å². The molecule has 0 radical (unpaired) electrons. The lowest BCUT2D eigenvalue weighted by atomic mass is 10.2. The maximum Gasteiger partial charge on any atom is 0.337 e. The number of urea groups is 1. The number of aromatic nitrogens is 2. The van der Waals surface area contributed by atoms with Gasteiger partial charge in [-0.15, -0.1) is 0 Å². The standard InChI is InChI=1S/C20H20N6O3/c21-13-5-6-16-17(11-13)22-12-18(23-16)25-7-9-26(10-8-25)20(29)24-15-4-2-1-3-14(15)19(27)28/h1-6,11-12H,7-10,21H2,(H,24,29)(H,27,28). The summed E-state index contributed by atoms with van der Waals surface area (Å²) in [5.41, 5.74) is 8.27. The number of piperazine rings is 1. The van der Waals surface area contributed by atoms with Crippen molar-refractivity contribution < 1.29 is 14.7 Å². The second kappa shape index (κ2) is 7.63. The summed E-state index contributed by atoms with van der Waals surface area (Å²) < 4.78 is 0. The smallest absolute Gasteiger partial charge is 0.337 e. The lowest BCUT2D eigenvalue weighted by Gasteiger charge is -2.35. The molecule has 1 aliphatic rings. The summed E-state index contributed by atoms with van der Waals surface area (Å²) in [6.07, 6.45) is 1.71. The zero-order valence-electron chi connectivity index (χ0n) is 15.6. The Morgan fingerprint density at radius 2 is 1.79 bits per heavy atom. The number of nitrogen functional groups attached to an aromatic ring is 1. The Morgan fingerprint density at radius 1 is 1.03 bits per heavy atom. The Bertz CT molecular complexity index is 1080. The number of carboxylic acids is 1. The number of hydrogen-bond donors (Lipinski definition) is 3. The number of nitrogens with two attached hydrogens (primary N) is 1. The van der Waals surface area contributed by atoms with E-state index in [2.05, 4.69) is 20.2 Å². The molecule has 1 fully saturated rings. The highest BCUT2D eigenvalue weighted by Gasteiger charge is 2.23. The largest absolute Gasteiger partial charge is 0.478 e. The van der Waals surface area contributed by atoms with Gasteiger partial charge in [0, 0.05) is 31.9 Å². The normalized spacial score (nSPS) is 14.1. The van der Waals surface area contributed by atoms with Gasteiger partial charge in [0.15, 0.2) is 0 Å². The van der Waals surface area contributed by atoms with Crippen LogP contribution in [-0.2, 0) is 0 Å². The van der Waals surface area contributed by atoms with E-state index in [1.807, 2.05) is 6.07 Å². The number of aromatic carboxylic acids is 1. The number of carbonyl (C=O) groups is 2. The number of nitrogens with zero attached hydrogens (tertiary/aromatic N) is 4. The number of nitrogens with one attached hydrogen (secondary N) is 1. The van der Waals surface area contributed by atoms with Gasteiger partial charge in [-0.3, -0.25) is 4.98 Å². The Morgan fingerprint density at radius 3 is 2.55 bits per heavy atom. The average Bonchev–Trinajstić information content (AvgIpc) is 2.73. The lowest BCUT2D eigenvalue weighted by Crippen LogP contribution is -2.50. The van der Waals surface area contributed by atoms with Gasteiger partial charge in [-0.1, -0.05) is 12.1 Å². The van der Waals surface area contributed by atoms with E-state index in [0.717, 1.165) is 16.9 Å². The number of rotatable bonds is 3. The monoisotopic (exact) mass is 392 g/mol. The molecule has 0 bridgehead atoms. The highest BCUT2D eigenvalue weighted by atomic mass is 16.4. The molecular weight excluding hydrogens is 372 g/mol. The van der Waals surface area contributed by atoms with Crippen molar-refractivity contribution in [3.05, 3.63) is 54.2 Å². The molecule has 0 aliphatic carbocycles. The van der Waals surface area contributed by atoms with Crippen LogP contribution in [0.2, 0.25) is 0 Å². The molecule has 0 atom stereocenters. The zero-order valence-corrected chi connectivity index (χ0v) is 15.6. The number of benzene rings is 2. The molecular formula is C20H20N6O3. The summed E-state index contributed by atoms with van der Waals surface area (Å²) in [6.45, 7) is 2.18. The van der Waals surface area contributed by atoms with Crippen molar-refractivity contribution in [1.29, 1.82) is 0 Å². The molecule has 0 saturated carbocycles. The third kappa shape index (κ3) is 3.88. The molecule has 0 unspecified atom stereocenters. The molecule has 1 aromatic heterocycles. The SMILES string of the molecule is Nc1ccc2nc(N3CCN(C(=O)Nc4ccccc4C(=O)O)CC3)cnc2c1. The van der Waals surface area contributed by atoms with Crippen LogP contribution in [0.15, 0.2) is 48.7 Å². The van der Waals surface area contributed by atoms with E-state index in [4.69, 9.17) is 5.73 Å². The third-order valence-electron chi connectivity index (χ3n) is 4.84. The Balaban J connectivity index is 1.41. The van der Waals surface area contributed by atoms with Crippen LogP contribution >= 0.6 is 0 Å². The highest BCUT2D eigenvalue weighted by Crippen LogP contribution is 2.20. The van der Waals surface area contributed by atoms with Crippen molar-refractivity contribution in [2.24, 2.45) is 0 Å². The van der Waals surface area contributed by atoms with E-state index in [0.29, 0.717) is 31.9 Å². The van der Waals surface area contributed by atoms with E-state index < -0.39 is 5.97 Å². The molecule has 148 valence electrons. The molecule has 1 saturated heterocycles. The van der Waals surface area contributed by atoms with Crippen molar-refractivity contribution >= 4 is 40.2 Å². The van der Waals surface area contributed by atoms with Crippen molar-refractivity contribution in [1.82, 2.24) is 14.9 Å². The van der Waals surface area contributed by atoms with Gasteiger partial charge in [0.1, 0.15) is 5.82 Å². The van der Waals surface area contributed by atoms with Gasteiger partial charge < -0.3 is 26.0 Å². The van der Waals surface area contributed by atoms with Crippen LogP contribution in [0, 0.1) is 0 Å². The maximum absolute atomic E-state index is 12.6. The quantitative estimate of drug-likeness (QED) is 0.584. The first-order valence-electron chi connectivity index (χ1n) is 9.17. The Kier molecular flexibility index (Phi) is 4.86. The van der Waals surface area contributed by atoms with Crippen LogP contribution in [0.5, 0.6) is 0 Å². The Hall–Kier alpha value is -3.88. The summed E-state index contributed by atoms with van der Waals surface area (Å²) in [5.74, 6) is -0.332. The molecule has 2 amide bonds. The van der Waals surface area contributed by atoms with Crippen LogP contribution in [0.25, 0.3) is 11.0 Å². The molecule has 2 heterocycles. The van der Waals surface area contributed by atoms with Gasteiger partial charge in [0.25, 0.3) is 0 Å². The van der Waals surface area contributed by atoms with Crippen LogP contribution in [0.3, 0.4) is 0 Å². The molecule has 1 aliphatic heterocycles. The number of amides is 2. The molecule has 9 heteroatoms. The Labute approximate surface area is 166 Å². The number of anilines is 3. The van der Waals surface area contributed by atoms with Crippen LogP contribution in [0.1, 0.15) is 10.4 Å². The van der Waals surface area contributed by atoms with E-state index in [1.165, 1.54) is 6.07 Å². The summed E-state index contributed by atoms with van der Waals surface area (Å²) >= 11 is 0. The van der Waals surface area contributed by atoms with Crippen molar-refractivity contribution in [2.45, 2.75) is 0 Å². The maximum atomic E-state index is 12.6. The molecule has 3 aromatic rings. The topological polar surface area (TPSA) is 125 Å². The van der Waals surface area contributed by atoms with E-state index in [9.17, 15) is 14.7 Å². The van der Waals surface area contributed by atoms with E-state index in [1.54, 1.807) is 41.4 Å². The number of carboxylic acid groups (broad SMARTS) is 1. The van der Waals surface area contributed by atoms with Gasteiger partial charge in [-0.2, -0.15) is 0 Å². The third-order valence-corrected chi connectivity index (χ3v) is 4.84. The van der Waals surface area contributed by atoms with Gasteiger partial charge in [-0.25, -0.2) is 14.6 Å². The second-order valence-corrected chi connectivity index (χ2v) is 6.73. The number of hydrogen-bond acceptors (Lipinski definition) is 6. The highest BCUT2D eigenvalue weighted by molar-refractivity contribution is 6.00. The van der Waals surface area contributed by atoms with Crippen molar-refractivity contribution in [3.63, 3.8) is 0 Å². The molecule has 9 nitrogen and oxygen atoms in total. The minimum atomic E-state index is -1.08. The molecule has 0 spiro atoms. The summed E-state index contributed by atoms with van der Waals surface area (Å²) in [7, 11) is 0. The van der Waals surface area contributed by atoms with Gasteiger partial charge in [0.2, 0.25) is 0 Å². The summed E-state index contributed by atoms with van der Waals surface area (Å²) in [5, 5.41) is 11.9. The first-order chi connectivity index (χ1) is 14.0. The van der Waals surface area contributed by atoms with Crippen LogP contribution < -0.4 is 16.0 Å². The molecule has 4 N–H and O–H groups in total. The summed E-state index contributed by atoms with van der Waals surface area (Å²) in [6, 6.07) is 11.4. The fraction of sp³-hybridized carbons (Fsp3) is 0.200. The lowest BCUT2D eigenvalue weighted by molar-refractivity contribution is 0.0698. The van der Waals surface area contributed by atoms with Crippen LogP contribution in [0.4, 0.5) is 22.0 Å². The van der Waals surface area contributed by atoms with Gasteiger partial charge >= 0.3 is 12.0 Å². The van der Waals surface area contributed by atoms with Gasteiger partial charge in [-0.05, 0) is 30.3 Å². The number of fused-ring (bicyclic) bond motifs is 1. The fourth-order valence-electron chi connectivity index (χ4n) is 3.28. The minimum absolute atomic E-state index is 0.0616. The predicted octanol–water partition coefficient (Wildman–Crippen LogP) is 2.26. The number of para-hydroxylation sites is 1. The minimum Gasteiger partial charge on any atom is -0.478 e. The fourth-order valence-corrected chi connectivity index (χ4v) is 3.28. The van der Waals surface area contributed by atoms with Gasteiger partial charge in [0.05, 0.1) is 28.5 Å². The molecule has 29 heavy (non-hydrogen) atoms. The first kappa shape index (κ1) is 18.5. The van der Waals surface area contributed by atoms with E-state index in [-0.39, 0.29) is 17.3 Å². The number of carbonyl (C=O) groups excluding carboxylic acids is 1. The first-order valence-corrected chi connectivity index (χ1v) is 9.17. The summed E-state index contributed by atoms with van der Waals surface area (Å²) in [4.78, 5) is 36.6. The second-order valence-electron chi connectivity index (χ2n) is 6.73. The average molecular weight is 392 g/mol. The van der Waals surface area contributed by atoms with E-state index >= 15 is 0 Å². The predicted molar refractivity (Wildman–Crippen MR) is 110 cm³/mol. The van der Waals surface area contributed by atoms with Crippen molar-refractivity contribution in [3.8, 4) is 0 Å². The zero-order chi connectivity index (χ0) is 20.4.